The van der Waals surface area contributed by atoms with Gasteiger partial charge in [0.05, 0.1) is 22.5 Å². The van der Waals surface area contributed by atoms with Gasteiger partial charge >= 0.3 is 0 Å². The molecule has 2 aromatic rings. The van der Waals surface area contributed by atoms with Gasteiger partial charge < -0.3 is 9.84 Å². The van der Waals surface area contributed by atoms with Gasteiger partial charge in [0.15, 0.2) is 5.82 Å². The number of hydrogen-bond donors (Lipinski definition) is 1. The standard InChI is InChI=1S/C13H19ClN6O.ClH/c1-8-12(14)9(2)20(17-8)7-11-16-13(18-21-11)10-6-15-4-5-19(10)3;/h10,15H,4-7H2,1-3H3;1H. The van der Waals surface area contributed by atoms with Crippen LogP contribution >= 0.6 is 24.0 Å². The summed E-state index contributed by atoms with van der Waals surface area (Å²) in [6.07, 6.45) is 0. The SMILES string of the molecule is Cc1nn(Cc2nc(C3CNCCN3C)no2)c(C)c1Cl.Cl. The Labute approximate surface area is 140 Å². The molecule has 2 aromatic heterocycles. The van der Waals surface area contributed by atoms with E-state index in [0.717, 1.165) is 31.0 Å². The predicted octanol–water partition coefficient (Wildman–Crippen LogP) is 1.58. The number of piperazine rings is 1. The van der Waals surface area contributed by atoms with E-state index in [0.29, 0.717) is 23.3 Å². The molecule has 0 bridgehead atoms. The fourth-order valence-corrected chi connectivity index (χ4v) is 2.65. The molecule has 1 unspecified atom stereocenters. The molecule has 122 valence electrons. The van der Waals surface area contributed by atoms with Crippen LogP contribution in [0.3, 0.4) is 0 Å². The first-order chi connectivity index (χ1) is 10.1. The summed E-state index contributed by atoms with van der Waals surface area (Å²) < 4.78 is 7.14. The molecular weight excluding hydrogens is 327 g/mol. The van der Waals surface area contributed by atoms with Crippen LogP contribution in [0.4, 0.5) is 0 Å². The molecule has 1 aliphatic heterocycles. The second-order valence-electron chi connectivity index (χ2n) is 5.39. The molecule has 22 heavy (non-hydrogen) atoms. The van der Waals surface area contributed by atoms with E-state index in [4.69, 9.17) is 16.1 Å². The summed E-state index contributed by atoms with van der Waals surface area (Å²) >= 11 is 6.15. The summed E-state index contributed by atoms with van der Waals surface area (Å²) in [5.41, 5.74) is 1.72. The summed E-state index contributed by atoms with van der Waals surface area (Å²) in [6, 6.07) is 0.153. The highest BCUT2D eigenvalue weighted by Crippen LogP contribution is 2.21. The van der Waals surface area contributed by atoms with Gasteiger partial charge in [-0.1, -0.05) is 16.8 Å². The molecular formula is C13H20Cl2N6O. The molecule has 1 N–H and O–H groups in total. The Morgan fingerprint density at radius 3 is 2.82 bits per heavy atom. The largest absolute Gasteiger partial charge is 0.337 e. The predicted molar refractivity (Wildman–Crippen MR) is 85.6 cm³/mol. The van der Waals surface area contributed by atoms with Gasteiger partial charge in [-0.05, 0) is 20.9 Å². The van der Waals surface area contributed by atoms with E-state index in [9.17, 15) is 0 Å². The van der Waals surface area contributed by atoms with Crippen LogP contribution in [0.25, 0.3) is 0 Å². The van der Waals surface area contributed by atoms with Gasteiger partial charge in [-0.2, -0.15) is 10.1 Å². The highest BCUT2D eigenvalue weighted by Gasteiger charge is 2.25. The second-order valence-corrected chi connectivity index (χ2v) is 5.77. The monoisotopic (exact) mass is 346 g/mol. The molecule has 0 aliphatic carbocycles. The van der Waals surface area contributed by atoms with Crippen molar-refractivity contribution in [3.05, 3.63) is 28.1 Å². The minimum Gasteiger partial charge on any atom is -0.337 e. The average Bonchev–Trinajstić information content (AvgIpc) is 3.01. The molecule has 9 heteroatoms. The number of likely N-dealkylation sites (N-methyl/N-ethyl adjacent to an activating group) is 1. The lowest BCUT2D eigenvalue weighted by molar-refractivity contribution is 0.190. The third-order valence-corrected chi connectivity index (χ3v) is 4.42. The van der Waals surface area contributed by atoms with E-state index in [1.54, 1.807) is 4.68 Å². The second kappa shape index (κ2) is 6.95. The van der Waals surface area contributed by atoms with Crippen LogP contribution in [0.1, 0.15) is 29.1 Å². The zero-order valence-electron chi connectivity index (χ0n) is 12.8. The maximum absolute atomic E-state index is 6.15. The first-order valence-corrected chi connectivity index (χ1v) is 7.37. The number of hydrogen-bond acceptors (Lipinski definition) is 6. The average molecular weight is 347 g/mol. The van der Waals surface area contributed by atoms with Crippen LogP contribution < -0.4 is 5.32 Å². The van der Waals surface area contributed by atoms with Crippen LogP contribution in [0.15, 0.2) is 4.52 Å². The molecule has 0 amide bonds. The van der Waals surface area contributed by atoms with E-state index in [1.807, 2.05) is 13.8 Å². The Morgan fingerprint density at radius 1 is 1.41 bits per heavy atom. The first-order valence-electron chi connectivity index (χ1n) is 6.99. The lowest BCUT2D eigenvalue weighted by atomic mass is 10.2. The van der Waals surface area contributed by atoms with Gasteiger partial charge in [0.2, 0.25) is 5.89 Å². The molecule has 1 fully saturated rings. The summed E-state index contributed by atoms with van der Waals surface area (Å²) in [7, 11) is 2.07. The van der Waals surface area contributed by atoms with Crippen LogP contribution in [-0.2, 0) is 6.54 Å². The summed E-state index contributed by atoms with van der Waals surface area (Å²) in [6.45, 7) is 7.05. The van der Waals surface area contributed by atoms with Gasteiger partial charge in [0.25, 0.3) is 0 Å². The Balaban J connectivity index is 0.00000176. The van der Waals surface area contributed by atoms with Gasteiger partial charge in [0, 0.05) is 19.6 Å². The molecule has 1 saturated heterocycles. The molecule has 3 rings (SSSR count). The first kappa shape index (κ1) is 17.2. The van der Waals surface area contributed by atoms with Crippen LogP contribution in [0.5, 0.6) is 0 Å². The molecule has 3 heterocycles. The number of aryl methyl sites for hydroxylation is 1. The molecule has 0 spiro atoms. The van der Waals surface area contributed by atoms with Crippen LogP contribution in [0.2, 0.25) is 5.02 Å². The van der Waals surface area contributed by atoms with Gasteiger partial charge in [-0.25, -0.2) is 0 Å². The number of aromatic nitrogens is 4. The Morgan fingerprint density at radius 2 is 2.18 bits per heavy atom. The van der Waals surface area contributed by atoms with E-state index < -0.39 is 0 Å². The normalized spacial score (nSPS) is 19.2. The fraction of sp³-hybridized carbons (Fsp3) is 0.615. The van der Waals surface area contributed by atoms with Crippen molar-refractivity contribution in [1.29, 1.82) is 0 Å². The lowest BCUT2D eigenvalue weighted by Gasteiger charge is -2.30. The minimum absolute atomic E-state index is 0. The molecule has 0 radical (unpaired) electrons. The van der Waals surface area contributed by atoms with E-state index >= 15 is 0 Å². The Kier molecular flexibility index (Phi) is 5.44. The Bertz CT molecular complexity index is 641. The van der Waals surface area contributed by atoms with Crippen molar-refractivity contribution in [2.24, 2.45) is 0 Å². The van der Waals surface area contributed by atoms with Crippen molar-refractivity contribution >= 4 is 24.0 Å². The van der Waals surface area contributed by atoms with Crippen molar-refractivity contribution in [3.63, 3.8) is 0 Å². The molecule has 7 nitrogen and oxygen atoms in total. The van der Waals surface area contributed by atoms with Gasteiger partial charge in [-0.15, -0.1) is 12.4 Å². The maximum atomic E-state index is 6.15. The molecule has 1 atom stereocenters. The third-order valence-electron chi connectivity index (χ3n) is 3.87. The zero-order valence-corrected chi connectivity index (χ0v) is 14.4. The summed E-state index contributed by atoms with van der Waals surface area (Å²) in [5.74, 6) is 1.26. The maximum Gasteiger partial charge on any atom is 0.248 e. The van der Waals surface area contributed by atoms with Gasteiger partial charge in [0.1, 0.15) is 6.54 Å². The van der Waals surface area contributed by atoms with Gasteiger partial charge in [-0.3, -0.25) is 9.58 Å². The lowest BCUT2D eigenvalue weighted by Crippen LogP contribution is -2.44. The smallest absolute Gasteiger partial charge is 0.248 e. The quantitative estimate of drug-likeness (QED) is 0.909. The highest BCUT2D eigenvalue weighted by molar-refractivity contribution is 6.31. The van der Waals surface area contributed by atoms with E-state index in [2.05, 4.69) is 32.5 Å². The molecule has 1 aliphatic rings. The van der Waals surface area contributed by atoms with Crippen LogP contribution in [-0.4, -0.2) is 51.5 Å². The van der Waals surface area contributed by atoms with E-state index in [1.165, 1.54) is 0 Å². The van der Waals surface area contributed by atoms with Crippen molar-refractivity contribution in [2.75, 3.05) is 26.7 Å². The van der Waals surface area contributed by atoms with Crippen molar-refractivity contribution in [1.82, 2.24) is 30.1 Å². The Hall–Kier alpha value is -1.15. The number of halogens is 2. The van der Waals surface area contributed by atoms with Crippen LogP contribution in [0, 0.1) is 13.8 Å². The number of nitrogens with zero attached hydrogens (tertiary/aromatic N) is 5. The fourth-order valence-electron chi connectivity index (χ4n) is 2.52. The minimum atomic E-state index is 0. The van der Waals surface area contributed by atoms with E-state index in [-0.39, 0.29) is 18.4 Å². The number of rotatable bonds is 3. The van der Waals surface area contributed by atoms with Crippen molar-refractivity contribution < 1.29 is 4.52 Å². The highest BCUT2D eigenvalue weighted by atomic mass is 35.5. The zero-order chi connectivity index (χ0) is 15.0. The molecule has 0 aromatic carbocycles. The number of nitrogens with one attached hydrogen (secondary N) is 1. The topological polar surface area (TPSA) is 72.0 Å². The van der Waals surface area contributed by atoms with Crippen molar-refractivity contribution in [2.45, 2.75) is 26.4 Å². The van der Waals surface area contributed by atoms with Crippen molar-refractivity contribution in [3.8, 4) is 0 Å². The third kappa shape index (κ3) is 3.27. The summed E-state index contributed by atoms with van der Waals surface area (Å²) in [5, 5.41) is 12.5. The molecule has 0 saturated carbocycles. The summed E-state index contributed by atoms with van der Waals surface area (Å²) in [4.78, 5) is 6.72.